The van der Waals surface area contributed by atoms with Gasteiger partial charge in [0.2, 0.25) is 5.13 Å². The maximum Gasteiger partial charge on any atom is 0.206 e. The monoisotopic (exact) mass is 267 g/mol. The van der Waals surface area contributed by atoms with E-state index in [2.05, 4.69) is 22.1 Å². The molecule has 2 aromatic heterocycles. The van der Waals surface area contributed by atoms with Crippen LogP contribution in [0.3, 0.4) is 0 Å². The fourth-order valence-electron chi connectivity index (χ4n) is 1.10. The molecule has 0 unspecified atom stereocenters. The van der Waals surface area contributed by atoms with Crippen molar-refractivity contribution in [1.82, 2.24) is 10.2 Å². The number of aromatic nitrogens is 2. The van der Waals surface area contributed by atoms with E-state index in [-0.39, 0.29) is 0 Å². The molecule has 2 rings (SSSR count). The summed E-state index contributed by atoms with van der Waals surface area (Å²) in [5.41, 5.74) is 1.13. The summed E-state index contributed by atoms with van der Waals surface area (Å²) in [7, 11) is 0. The molecule has 0 saturated heterocycles. The third-order valence-corrected chi connectivity index (χ3v) is 4.09. The van der Waals surface area contributed by atoms with Gasteiger partial charge in [-0.2, -0.15) is 0 Å². The molecular weight excluding hydrogens is 254 g/mol. The molecule has 90 valence electrons. The van der Waals surface area contributed by atoms with Gasteiger partial charge in [0.05, 0.1) is 12.8 Å². The smallest absolute Gasteiger partial charge is 0.206 e. The first-order valence-corrected chi connectivity index (χ1v) is 6.91. The van der Waals surface area contributed by atoms with Crippen molar-refractivity contribution < 1.29 is 4.42 Å². The standard InChI is InChI=1S/C11H13N3OS2/c1-8(2)7-16-11-14-13-10(17-11)12-6-9-4-3-5-15-9/h3-5H,1,6-7H2,2H3,(H,12,13). The number of rotatable bonds is 6. The number of nitrogens with one attached hydrogen (secondary N) is 1. The predicted molar refractivity (Wildman–Crippen MR) is 71.5 cm³/mol. The van der Waals surface area contributed by atoms with E-state index in [0.717, 1.165) is 26.6 Å². The van der Waals surface area contributed by atoms with Crippen molar-refractivity contribution >= 4 is 28.2 Å². The highest BCUT2D eigenvalue weighted by Crippen LogP contribution is 2.26. The van der Waals surface area contributed by atoms with Gasteiger partial charge >= 0.3 is 0 Å². The highest BCUT2D eigenvalue weighted by atomic mass is 32.2. The lowest BCUT2D eigenvalue weighted by Gasteiger charge is -1.97. The number of hydrogen-bond acceptors (Lipinski definition) is 6. The SMILES string of the molecule is C=C(C)CSc1nnc(NCc2ccco2)s1. The zero-order valence-electron chi connectivity index (χ0n) is 9.47. The molecule has 0 spiro atoms. The van der Waals surface area contributed by atoms with Crippen LogP contribution in [0, 0.1) is 0 Å². The van der Waals surface area contributed by atoms with E-state index in [1.165, 1.54) is 0 Å². The molecule has 6 heteroatoms. The number of hydrogen-bond donors (Lipinski definition) is 1. The lowest BCUT2D eigenvalue weighted by molar-refractivity contribution is 0.518. The Morgan fingerprint density at radius 3 is 3.18 bits per heavy atom. The quantitative estimate of drug-likeness (QED) is 0.642. The largest absolute Gasteiger partial charge is 0.467 e. The van der Waals surface area contributed by atoms with E-state index < -0.39 is 0 Å². The molecular formula is C11H13N3OS2. The molecule has 17 heavy (non-hydrogen) atoms. The molecule has 2 heterocycles. The van der Waals surface area contributed by atoms with E-state index in [0.29, 0.717) is 6.54 Å². The summed E-state index contributed by atoms with van der Waals surface area (Å²) in [5.74, 6) is 1.77. The van der Waals surface area contributed by atoms with Gasteiger partial charge in [-0.25, -0.2) is 0 Å². The van der Waals surface area contributed by atoms with Crippen molar-refractivity contribution in [2.75, 3.05) is 11.1 Å². The summed E-state index contributed by atoms with van der Waals surface area (Å²) in [6.07, 6.45) is 1.66. The summed E-state index contributed by atoms with van der Waals surface area (Å²) < 4.78 is 6.17. The lowest BCUT2D eigenvalue weighted by atomic mass is 10.4. The maximum atomic E-state index is 5.22. The van der Waals surface area contributed by atoms with Crippen LogP contribution in [0.25, 0.3) is 0 Å². The normalized spacial score (nSPS) is 10.4. The fraction of sp³-hybridized carbons (Fsp3) is 0.273. The Labute approximate surface area is 108 Å². The van der Waals surface area contributed by atoms with Crippen LogP contribution in [-0.4, -0.2) is 16.0 Å². The second-order valence-corrected chi connectivity index (χ2v) is 5.75. The van der Waals surface area contributed by atoms with Crippen LogP contribution in [0.2, 0.25) is 0 Å². The first-order chi connectivity index (χ1) is 8.24. The minimum Gasteiger partial charge on any atom is -0.467 e. The van der Waals surface area contributed by atoms with Gasteiger partial charge in [0.25, 0.3) is 0 Å². The first kappa shape index (κ1) is 12.2. The summed E-state index contributed by atoms with van der Waals surface area (Å²) in [5, 5.41) is 12.1. The minimum atomic E-state index is 0.632. The molecule has 4 nitrogen and oxygen atoms in total. The second-order valence-electron chi connectivity index (χ2n) is 3.55. The van der Waals surface area contributed by atoms with Crippen molar-refractivity contribution in [2.24, 2.45) is 0 Å². The maximum absolute atomic E-state index is 5.22. The minimum absolute atomic E-state index is 0.632. The van der Waals surface area contributed by atoms with E-state index >= 15 is 0 Å². The van der Waals surface area contributed by atoms with Crippen LogP contribution < -0.4 is 5.32 Å². The van der Waals surface area contributed by atoms with Gasteiger partial charge in [0.1, 0.15) is 5.76 Å². The van der Waals surface area contributed by atoms with Crippen LogP contribution in [-0.2, 0) is 6.54 Å². The molecule has 0 aliphatic rings. The zero-order valence-corrected chi connectivity index (χ0v) is 11.1. The summed E-state index contributed by atoms with van der Waals surface area (Å²) in [6, 6.07) is 3.79. The first-order valence-electron chi connectivity index (χ1n) is 5.11. The van der Waals surface area contributed by atoms with E-state index in [1.807, 2.05) is 19.1 Å². The summed E-state index contributed by atoms with van der Waals surface area (Å²) in [6.45, 7) is 6.49. The molecule has 0 saturated carbocycles. The van der Waals surface area contributed by atoms with E-state index in [1.54, 1.807) is 29.4 Å². The van der Waals surface area contributed by atoms with Gasteiger partial charge < -0.3 is 9.73 Å². The van der Waals surface area contributed by atoms with Crippen molar-refractivity contribution in [3.63, 3.8) is 0 Å². The number of anilines is 1. The van der Waals surface area contributed by atoms with Crippen molar-refractivity contribution in [2.45, 2.75) is 17.8 Å². The van der Waals surface area contributed by atoms with Gasteiger partial charge in [-0.1, -0.05) is 35.3 Å². The van der Waals surface area contributed by atoms with Crippen LogP contribution in [0.5, 0.6) is 0 Å². The van der Waals surface area contributed by atoms with E-state index in [9.17, 15) is 0 Å². The molecule has 0 aliphatic heterocycles. The molecule has 0 amide bonds. The average Bonchev–Trinajstić information content (AvgIpc) is 2.95. The van der Waals surface area contributed by atoms with E-state index in [4.69, 9.17) is 4.42 Å². The second kappa shape index (κ2) is 5.88. The van der Waals surface area contributed by atoms with Gasteiger partial charge in [-0.05, 0) is 19.1 Å². The van der Waals surface area contributed by atoms with Crippen molar-refractivity contribution in [3.05, 3.63) is 36.3 Å². The zero-order chi connectivity index (χ0) is 12.1. The lowest BCUT2D eigenvalue weighted by Crippen LogP contribution is -1.96. The van der Waals surface area contributed by atoms with Crippen LogP contribution in [0.4, 0.5) is 5.13 Å². The number of thioether (sulfide) groups is 1. The molecule has 0 aromatic carbocycles. The van der Waals surface area contributed by atoms with Gasteiger partial charge in [0.15, 0.2) is 4.34 Å². The van der Waals surface area contributed by atoms with Gasteiger partial charge in [-0.3, -0.25) is 0 Å². The Morgan fingerprint density at radius 1 is 1.59 bits per heavy atom. The average molecular weight is 267 g/mol. The third kappa shape index (κ3) is 3.90. The summed E-state index contributed by atoms with van der Waals surface area (Å²) >= 11 is 3.20. The molecule has 2 aromatic rings. The van der Waals surface area contributed by atoms with Crippen molar-refractivity contribution in [1.29, 1.82) is 0 Å². The van der Waals surface area contributed by atoms with Gasteiger partial charge in [0, 0.05) is 5.75 Å². The van der Waals surface area contributed by atoms with Crippen LogP contribution in [0.15, 0.2) is 39.3 Å². The third-order valence-electron chi connectivity index (χ3n) is 1.84. The Kier molecular flexibility index (Phi) is 4.22. The molecule has 0 fully saturated rings. The fourth-order valence-corrected chi connectivity index (χ4v) is 2.69. The molecule has 1 N–H and O–H groups in total. The molecule has 0 radical (unpaired) electrons. The van der Waals surface area contributed by atoms with Crippen molar-refractivity contribution in [3.8, 4) is 0 Å². The molecule has 0 aliphatic carbocycles. The summed E-state index contributed by atoms with van der Waals surface area (Å²) in [4.78, 5) is 0. The highest BCUT2D eigenvalue weighted by molar-refractivity contribution is 8.01. The van der Waals surface area contributed by atoms with Gasteiger partial charge in [-0.15, -0.1) is 10.2 Å². The van der Waals surface area contributed by atoms with Crippen LogP contribution >= 0.6 is 23.1 Å². The Hall–Kier alpha value is -1.27. The highest BCUT2D eigenvalue weighted by Gasteiger charge is 2.05. The molecule has 0 atom stereocenters. The number of nitrogens with zero attached hydrogens (tertiary/aromatic N) is 2. The Balaban J connectivity index is 1.83. The van der Waals surface area contributed by atoms with Crippen LogP contribution in [0.1, 0.15) is 12.7 Å². The topological polar surface area (TPSA) is 51.0 Å². The Bertz CT molecular complexity index is 479. The predicted octanol–water partition coefficient (Wildman–Crippen LogP) is 3.41. The number of furan rings is 1. The Morgan fingerprint density at radius 2 is 2.47 bits per heavy atom. The molecule has 0 bridgehead atoms.